The van der Waals surface area contributed by atoms with Crippen molar-refractivity contribution >= 4 is 5.78 Å². The third-order valence-electron chi connectivity index (χ3n) is 4.58. The summed E-state index contributed by atoms with van der Waals surface area (Å²) in [5, 5.41) is 19.7. The summed E-state index contributed by atoms with van der Waals surface area (Å²) in [6.07, 6.45) is 0. The molecule has 0 aliphatic carbocycles. The summed E-state index contributed by atoms with van der Waals surface area (Å²) in [5.41, 5.74) is 1.80. The lowest BCUT2D eigenvalue weighted by Gasteiger charge is -2.34. The van der Waals surface area contributed by atoms with Gasteiger partial charge in [-0.1, -0.05) is 0 Å². The number of hydrogen-bond acceptors (Lipinski definition) is 7. The molecule has 2 aromatic carbocycles. The van der Waals surface area contributed by atoms with Crippen molar-refractivity contribution in [1.29, 1.82) is 0 Å². The zero-order chi connectivity index (χ0) is 19.0. The summed E-state index contributed by atoms with van der Waals surface area (Å²) in [7, 11) is 6.42. The molecular weight excluding hydrogens is 338 g/mol. The third-order valence-corrected chi connectivity index (χ3v) is 4.58. The summed E-state index contributed by atoms with van der Waals surface area (Å²) in [5.74, 6) is 0.756. The lowest BCUT2D eigenvalue weighted by atomic mass is 9.87. The highest BCUT2D eigenvalue weighted by Gasteiger charge is 2.33. The monoisotopic (exact) mass is 359 g/mol. The molecule has 0 aromatic heterocycles. The molecule has 0 spiro atoms. The molecule has 0 amide bonds. The molecule has 3 rings (SSSR count). The normalized spacial score (nSPS) is 16.9. The first-order valence-electron chi connectivity index (χ1n) is 8.00. The number of rotatable bonds is 4. The van der Waals surface area contributed by atoms with Gasteiger partial charge in [-0.15, -0.1) is 0 Å². The van der Waals surface area contributed by atoms with Gasteiger partial charge in [-0.25, -0.2) is 0 Å². The Morgan fingerprint density at radius 2 is 1.54 bits per heavy atom. The highest BCUT2D eigenvalue weighted by atomic mass is 16.5. The van der Waals surface area contributed by atoms with Crippen LogP contribution in [0.5, 0.6) is 28.7 Å². The van der Waals surface area contributed by atoms with Crippen LogP contribution in [0.15, 0.2) is 24.3 Å². The SMILES string of the molecule is COc1cc([C@@H]2c3cc(O)c(O)cc3C(=O)CN2C)cc(OC)c1OC. The van der Waals surface area contributed by atoms with Gasteiger partial charge in [-0.2, -0.15) is 0 Å². The summed E-state index contributed by atoms with van der Waals surface area (Å²) in [4.78, 5) is 14.2. The van der Waals surface area contributed by atoms with Gasteiger partial charge in [0, 0.05) is 5.56 Å². The van der Waals surface area contributed by atoms with E-state index < -0.39 is 0 Å². The van der Waals surface area contributed by atoms with Crippen LogP contribution in [0.25, 0.3) is 0 Å². The largest absolute Gasteiger partial charge is 0.504 e. The average molecular weight is 359 g/mol. The van der Waals surface area contributed by atoms with Crippen LogP contribution in [0.1, 0.15) is 27.5 Å². The van der Waals surface area contributed by atoms with E-state index in [1.54, 1.807) is 0 Å². The number of fused-ring (bicyclic) bond motifs is 1. The van der Waals surface area contributed by atoms with E-state index in [9.17, 15) is 15.0 Å². The standard InChI is InChI=1S/C19H21NO6/c1-20-9-15(23)11-7-13(21)14(22)8-12(11)18(20)10-5-16(24-2)19(26-4)17(6-10)25-3/h5-8,18,21-22H,9H2,1-4H3/t18-/m1/s1. The van der Waals surface area contributed by atoms with Crippen molar-refractivity contribution in [3.63, 3.8) is 0 Å². The van der Waals surface area contributed by atoms with Crippen molar-refractivity contribution in [2.24, 2.45) is 0 Å². The molecule has 138 valence electrons. The Labute approximate surface area is 151 Å². The number of Topliss-reactive ketones (excluding diaryl/α,β-unsaturated/α-hetero) is 1. The van der Waals surface area contributed by atoms with E-state index in [1.807, 2.05) is 24.1 Å². The number of ketones is 1. The number of carbonyl (C=O) groups is 1. The minimum atomic E-state index is -0.331. The second-order valence-corrected chi connectivity index (χ2v) is 6.13. The third kappa shape index (κ3) is 2.80. The van der Waals surface area contributed by atoms with E-state index >= 15 is 0 Å². The van der Waals surface area contributed by atoms with Crippen molar-refractivity contribution < 1.29 is 29.2 Å². The van der Waals surface area contributed by atoms with Gasteiger partial charge < -0.3 is 24.4 Å². The molecule has 7 nitrogen and oxygen atoms in total. The van der Waals surface area contributed by atoms with Crippen LogP contribution in [0.4, 0.5) is 0 Å². The molecule has 0 saturated heterocycles. The number of ether oxygens (including phenoxy) is 3. The molecule has 0 saturated carbocycles. The Kier molecular flexibility index (Phi) is 4.65. The van der Waals surface area contributed by atoms with E-state index in [0.717, 1.165) is 5.56 Å². The minimum absolute atomic E-state index is 0.124. The number of likely N-dealkylation sites (N-methyl/N-ethyl adjacent to an activating group) is 1. The van der Waals surface area contributed by atoms with Gasteiger partial charge in [0.2, 0.25) is 5.75 Å². The molecule has 0 radical (unpaired) electrons. The fourth-order valence-corrected chi connectivity index (χ4v) is 3.39. The predicted octanol–water partition coefficient (Wildman–Crippen LogP) is 2.34. The molecule has 0 fully saturated rings. The van der Waals surface area contributed by atoms with Crippen LogP contribution in [0, 0.1) is 0 Å². The molecule has 2 N–H and O–H groups in total. The highest BCUT2D eigenvalue weighted by molar-refractivity contribution is 6.01. The van der Waals surface area contributed by atoms with Crippen molar-refractivity contribution in [2.75, 3.05) is 34.9 Å². The summed E-state index contributed by atoms with van der Waals surface area (Å²) in [6, 6.07) is 6.03. The van der Waals surface area contributed by atoms with E-state index in [1.165, 1.54) is 33.5 Å². The van der Waals surface area contributed by atoms with Crippen LogP contribution in [-0.2, 0) is 0 Å². The summed E-state index contributed by atoms with van der Waals surface area (Å²) < 4.78 is 16.2. The van der Waals surface area contributed by atoms with Crippen molar-refractivity contribution in [2.45, 2.75) is 6.04 Å². The summed E-state index contributed by atoms with van der Waals surface area (Å²) >= 11 is 0. The molecule has 1 atom stereocenters. The quantitative estimate of drug-likeness (QED) is 0.810. The number of phenolic OH excluding ortho intramolecular Hbond substituents is 2. The fourth-order valence-electron chi connectivity index (χ4n) is 3.39. The molecule has 0 unspecified atom stereocenters. The topological polar surface area (TPSA) is 88.5 Å². The second kappa shape index (κ2) is 6.76. The number of methoxy groups -OCH3 is 3. The maximum absolute atomic E-state index is 12.4. The van der Waals surface area contributed by atoms with Crippen LogP contribution in [0.3, 0.4) is 0 Å². The van der Waals surface area contributed by atoms with Crippen molar-refractivity contribution in [3.05, 3.63) is 41.0 Å². The highest BCUT2D eigenvalue weighted by Crippen LogP contribution is 2.45. The van der Waals surface area contributed by atoms with Gasteiger partial charge >= 0.3 is 0 Å². The Hall–Kier alpha value is -2.93. The van der Waals surface area contributed by atoms with Gasteiger partial charge in [-0.05, 0) is 42.4 Å². The van der Waals surface area contributed by atoms with Gasteiger partial charge in [0.15, 0.2) is 28.8 Å². The van der Waals surface area contributed by atoms with Crippen LogP contribution in [0.2, 0.25) is 0 Å². The van der Waals surface area contributed by atoms with Crippen molar-refractivity contribution in [3.8, 4) is 28.7 Å². The molecule has 7 heteroatoms. The van der Waals surface area contributed by atoms with Crippen molar-refractivity contribution in [1.82, 2.24) is 4.90 Å². The lowest BCUT2D eigenvalue weighted by Crippen LogP contribution is -2.37. The average Bonchev–Trinajstić information content (AvgIpc) is 2.62. The van der Waals surface area contributed by atoms with E-state index in [-0.39, 0.29) is 29.9 Å². The van der Waals surface area contributed by atoms with E-state index in [0.29, 0.717) is 28.4 Å². The molecule has 2 aromatic rings. The maximum Gasteiger partial charge on any atom is 0.203 e. The van der Waals surface area contributed by atoms with Crippen LogP contribution < -0.4 is 14.2 Å². The second-order valence-electron chi connectivity index (χ2n) is 6.13. The zero-order valence-corrected chi connectivity index (χ0v) is 15.1. The summed E-state index contributed by atoms with van der Waals surface area (Å²) in [6.45, 7) is 0.179. The van der Waals surface area contributed by atoms with Crippen LogP contribution in [-0.4, -0.2) is 55.8 Å². The molecular formula is C19H21NO6. The fraction of sp³-hybridized carbons (Fsp3) is 0.316. The predicted molar refractivity (Wildman–Crippen MR) is 94.7 cm³/mol. The van der Waals surface area contributed by atoms with Gasteiger partial charge in [0.05, 0.1) is 33.9 Å². The molecule has 0 bridgehead atoms. The number of carbonyl (C=O) groups excluding carboxylic acids is 1. The van der Waals surface area contributed by atoms with E-state index in [2.05, 4.69) is 0 Å². The Bertz CT molecular complexity index is 838. The molecule has 1 aliphatic rings. The molecule has 1 heterocycles. The van der Waals surface area contributed by atoms with Gasteiger partial charge in [0.25, 0.3) is 0 Å². The molecule has 1 aliphatic heterocycles. The first kappa shape index (κ1) is 17.9. The maximum atomic E-state index is 12.4. The zero-order valence-electron chi connectivity index (χ0n) is 15.1. The van der Waals surface area contributed by atoms with E-state index in [4.69, 9.17) is 14.2 Å². The lowest BCUT2D eigenvalue weighted by molar-refractivity contribution is 0.0903. The Morgan fingerprint density at radius 1 is 0.962 bits per heavy atom. The number of benzene rings is 2. The first-order chi connectivity index (χ1) is 12.4. The molecule has 26 heavy (non-hydrogen) atoms. The first-order valence-corrected chi connectivity index (χ1v) is 8.00. The van der Waals surface area contributed by atoms with Gasteiger partial charge in [0.1, 0.15) is 0 Å². The smallest absolute Gasteiger partial charge is 0.203 e. The minimum Gasteiger partial charge on any atom is -0.504 e. The Balaban J connectivity index is 2.22. The number of nitrogens with zero attached hydrogens (tertiary/aromatic N) is 1. The van der Waals surface area contributed by atoms with Gasteiger partial charge in [-0.3, -0.25) is 9.69 Å². The van der Waals surface area contributed by atoms with Crippen LogP contribution >= 0.6 is 0 Å². The number of aromatic hydroxyl groups is 2. The number of hydrogen-bond donors (Lipinski definition) is 2. The Morgan fingerprint density at radius 3 is 2.08 bits per heavy atom. The number of phenols is 2.